The molecule has 0 rings (SSSR count). The highest BCUT2D eigenvalue weighted by molar-refractivity contribution is 4.25. The highest BCUT2D eigenvalue weighted by Crippen LogP contribution is 1.60. The molecule has 0 aromatic carbocycles. The van der Waals surface area contributed by atoms with Gasteiger partial charge in [0.2, 0.25) is 0 Å². The molecule has 0 radical (unpaired) electrons. The molecule has 6 heavy (non-hydrogen) atoms. The highest BCUT2D eigenvalue weighted by atomic mass is 16.5. The van der Waals surface area contributed by atoms with Crippen molar-refractivity contribution in [3.63, 3.8) is 0 Å². The van der Waals surface area contributed by atoms with Crippen molar-refractivity contribution in [1.82, 2.24) is 10.4 Å². The summed E-state index contributed by atoms with van der Waals surface area (Å²) in [5.74, 6) is 0. The fraction of sp³-hybridized carbons (Fsp3) is 1.00. The third-order valence-corrected chi connectivity index (χ3v) is 0.387. The largest absolute Gasteiger partial charge is 0.316 e. The first kappa shape index (κ1) is 5.88. The maximum absolute atomic E-state index is 7.94. The third-order valence-electron chi connectivity index (χ3n) is 0.387. The van der Waals surface area contributed by atoms with Crippen LogP contribution >= 0.6 is 0 Å². The Morgan fingerprint density at radius 3 is 2.17 bits per heavy atom. The van der Waals surface area contributed by atoms with E-state index in [4.69, 9.17) is 5.21 Å². The number of hydrogen-bond donors (Lipinski definition) is 2. The molecular weight excluding hydrogens is 80.0 g/mol. The van der Waals surface area contributed by atoms with E-state index in [1.54, 1.807) is 0 Å². The molecule has 0 bridgehead atoms. The molecule has 0 aliphatic carbocycles. The van der Waals surface area contributed by atoms with Crippen LogP contribution in [0.25, 0.3) is 0 Å². The molecular formula is C3H10N2O. The molecule has 3 heteroatoms. The van der Waals surface area contributed by atoms with E-state index in [0.29, 0.717) is 6.67 Å². The standard InChI is InChI=1S/C3H10N2O/c1-5(2)3-4-6/h4,6H,3H2,1-2H3. The molecule has 0 saturated heterocycles. The summed E-state index contributed by atoms with van der Waals surface area (Å²) >= 11 is 0. The van der Waals surface area contributed by atoms with Crippen molar-refractivity contribution in [3.8, 4) is 0 Å². The Kier molecular flexibility index (Phi) is 3.02. The topological polar surface area (TPSA) is 35.5 Å². The van der Waals surface area contributed by atoms with Crippen LogP contribution in [0.15, 0.2) is 0 Å². The second kappa shape index (κ2) is 3.08. The summed E-state index contributed by atoms with van der Waals surface area (Å²) in [5.41, 5.74) is 1.99. The van der Waals surface area contributed by atoms with Crippen molar-refractivity contribution in [1.29, 1.82) is 0 Å². The number of nitrogens with zero attached hydrogens (tertiary/aromatic N) is 1. The molecule has 0 aliphatic heterocycles. The zero-order valence-corrected chi connectivity index (χ0v) is 4.10. The Hall–Kier alpha value is -0.120. The van der Waals surface area contributed by atoms with Gasteiger partial charge in [0.25, 0.3) is 0 Å². The van der Waals surface area contributed by atoms with Crippen LogP contribution < -0.4 is 5.48 Å². The van der Waals surface area contributed by atoms with Gasteiger partial charge in [0, 0.05) is 0 Å². The lowest BCUT2D eigenvalue weighted by Crippen LogP contribution is -2.24. The summed E-state index contributed by atoms with van der Waals surface area (Å²) in [6, 6.07) is 0. The quantitative estimate of drug-likeness (QED) is 0.354. The van der Waals surface area contributed by atoms with Crippen molar-refractivity contribution in [2.75, 3.05) is 20.8 Å². The third kappa shape index (κ3) is 3.88. The summed E-state index contributed by atoms with van der Waals surface area (Å²) in [4.78, 5) is 1.82. The Morgan fingerprint density at radius 2 is 2.17 bits per heavy atom. The first-order valence-corrected chi connectivity index (χ1v) is 1.79. The van der Waals surface area contributed by atoms with Crippen molar-refractivity contribution in [2.45, 2.75) is 0 Å². The zero-order chi connectivity index (χ0) is 4.99. The van der Waals surface area contributed by atoms with E-state index in [1.807, 2.05) is 24.5 Å². The SMILES string of the molecule is CN(C)CNO. The van der Waals surface area contributed by atoms with Gasteiger partial charge in [0.05, 0.1) is 6.67 Å². The van der Waals surface area contributed by atoms with Crippen molar-refractivity contribution in [2.24, 2.45) is 0 Å². The predicted octanol–water partition coefficient (Wildman–Crippen LogP) is -0.516. The van der Waals surface area contributed by atoms with Gasteiger partial charge in [-0.25, -0.2) is 0 Å². The van der Waals surface area contributed by atoms with Crippen LogP contribution in [-0.4, -0.2) is 30.9 Å². The van der Waals surface area contributed by atoms with Crippen LogP contribution in [-0.2, 0) is 0 Å². The second-order valence-corrected chi connectivity index (χ2v) is 1.40. The molecule has 0 atom stereocenters. The minimum absolute atomic E-state index is 0.514. The molecule has 38 valence electrons. The number of hydrogen-bond acceptors (Lipinski definition) is 3. The van der Waals surface area contributed by atoms with Crippen LogP contribution in [0.3, 0.4) is 0 Å². The summed E-state index contributed by atoms with van der Waals surface area (Å²) < 4.78 is 0. The summed E-state index contributed by atoms with van der Waals surface area (Å²) in [7, 11) is 3.73. The van der Waals surface area contributed by atoms with Crippen molar-refractivity contribution < 1.29 is 5.21 Å². The minimum atomic E-state index is 0.514. The summed E-state index contributed by atoms with van der Waals surface area (Å²) in [6.07, 6.45) is 0. The van der Waals surface area contributed by atoms with Gasteiger partial charge in [-0.15, -0.1) is 0 Å². The van der Waals surface area contributed by atoms with E-state index in [2.05, 4.69) is 0 Å². The molecule has 0 heterocycles. The maximum Gasteiger partial charge on any atom is 0.0718 e. The first-order chi connectivity index (χ1) is 2.77. The lowest BCUT2D eigenvalue weighted by atomic mass is 10.9. The van der Waals surface area contributed by atoms with E-state index in [1.165, 1.54) is 0 Å². The molecule has 0 aromatic rings. The average molecular weight is 90.1 g/mol. The second-order valence-electron chi connectivity index (χ2n) is 1.40. The van der Waals surface area contributed by atoms with Crippen LogP contribution in [0.1, 0.15) is 0 Å². The van der Waals surface area contributed by atoms with Gasteiger partial charge in [-0.05, 0) is 14.1 Å². The summed E-state index contributed by atoms with van der Waals surface area (Å²) in [5, 5.41) is 7.94. The highest BCUT2D eigenvalue weighted by Gasteiger charge is 1.78. The van der Waals surface area contributed by atoms with Crippen LogP contribution in [0.5, 0.6) is 0 Å². The van der Waals surface area contributed by atoms with E-state index < -0.39 is 0 Å². The van der Waals surface area contributed by atoms with Crippen molar-refractivity contribution >= 4 is 0 Å². The van der Waals surface area contributed by atoms with Gasteiger partial charge in [-0.2, -0.15) is 5.48 Å². The van der Waals surface area contributed by atoms with E-state index in [-0.39, 0.29) is 0 Å². The van der Waals surface area contributed by atoms with Gasteiger partial charge in [-0.3, -0.25) is 4.90 Å². The minimum Gasteiger partial charge on any atom is -0.316 e. The molecule has 3 nitrogen and oxygen atoms in total. The molecule has 0 aromatic heterocycles. The number of hydroxylamine groups is 1. The number of rotatable bonds is 2. The zero-order valence-electron chi connectivity index (χ0n) is 4.10. The van der Waals surface area contributed by atoms with Crippen LogP contribution in [0.2, 0.25) is 0 Å². The van der Waals surface area contributed by atoms with E-state index in [0.717, 1.165) is 0 Å². The molecule has 0 spiro atoms. The molecule has 0 saturated carbocycles. The lowest BCUT2D eigenvalue weighted by molar-refractivity contribution is 0.121. The van der Waals surface area contributed by atoms with Gasteiger partial charge in [0.1, 0.15) is 0 Å². The van der Waals surface area contributed by atoms with Gasteiger partial charge < -0.3 is 5.21 Å². The van der Waals surface area contributed by atoms with Gasteiger partial charge in [0.15, 0.2) is 0 Å². The Bertz CT molecular complexity index is 30.0. The molecule has 0 aliphatic rings. The normalized spacial score (nSPS) is 10.0. The molecule has 0 unspecified atom stereocenters. The van der Waals surface area contributed by atoms with Crippen LogP contribution in [0.4, 0.5) is 0 Å². The van der Waals surface area contributed by atoms with Crippen LogP contribution in [0, 0.1) is 0 Å². The molecule has 0 amide bonds. The summed E-state index contributed by atoms with van der Waals surface area (Å²) in [6.45, 7) is 0.514. The smallest absolute Gasteiger partial charge is 0.0718 e. The van der Waals surface area contributed by atoms with E-state index >= 15 is 0 Å². The number of nitrogens with one attached hydrogen (secondary N) is 1. The fourth-order valence-electron chi connectivity index (χ4n) is 0.141. The van der Waals surface area contributed by atoms with Crippen molar-refractivity contribution in [3.05, 3.63) is 0 Å². The van der Waals surface area contributed by atoms with E-state index in [9.17, 15) is 0 Å². The average Bonchev–Trinajstić information content (AvgIpc) is 1.35. The Balaban J connectivity index is 2.63. The molecule has 0 fully saturated rings. The predicted molar refractivity (Wildman–Crippen MR) is 23.5 cm³/mol. The lowest BCUT2D eigenvalue weighted by Gasteiger charge is -2.04. The monoisotopic (exact) mass is 90.1 g/mol. The Morgan fingerprint density at radius 1 is 1.67 bits per heavy atom. The Labute approximate surface area is 37.5 Å². The fourth-order valence-corrected chi connectivity index (χ4v) is 0.141. The maximum atomic E-state index is 7.94. The van der Waals surface area contributed by atoms with Gasteiger partial charge >= 0.3 is 0 Å². The van der Waals surface area contributed by atoms with Gasteiger partial charge in [-0.1, -0.05) is 0 Å². The molecule has 2 N–H and O–H groups in total. The first-order valence-electron chi connectivity index (χ1n) is 1.79.